The zero-order valence-electron chi connectivity index (χ0n) is 20.5. The first-order chi connectivity index (χ1) is 18.8. The first-order valence-corrected chi connectivity index (χ1v) is 12.1. The monoisotopic (exact) mass is 528 g/mol. The second-order valence-corrected chi connectivity index (χ2v) is 9.16. The molecule has 0 aliphatic carbocycles. The predicted octanol–water partition coefficient (Wildman–Crippen LogP) is 5.39. The van der Waals surface area contributed by atoms with Crippen molar-refractivity contribution >= 4 is 22.7 Å². The minimum absolute atomic E-state index is 0.0288. The average molecular weight is 529 g/mol. The Kier molecular flexibility index (Phi) is 7.14. The number of pyridine rings is 1. The summed E-state index contributed by atoms with van der Waals surface area (Å²) in [5, 5.41) is 3.66. The molecule has 5 rings (SSSR count). The van der Waals surface area contributed by atoms with Crippen LogP contribution in [0.15, 0.2) is 85.2 Å². The van der Waals surface area contributed by atoms with E-state index in [0.717, 1.165) is 6.07 Å². The van der Waals surface area contributed by atoms with Gasteiger partial charge in [0, 0.05) is 40.5 Å². The first-order valence-electron chi connectivity index (χ1n) is 12.1. The molecule has 0 fully saturated rings. The number of aromatic nitrogens is 2. The number of aromatic amines is 1. The summed E-state index contributed by atoms with van der Waals surface area (Å²) in [6.07, 6.45) is 3.20. The maximum absolute atomic E-state index is 14.0. The molecule has 1 unspecified atom stereocenters. The summed E-state index contributed by atoms with van der Waals surface area (Å²) < 4.78 is 41.6. The molecule has 0 radical (unpaired) electrons. The molecule has 2 amide bonds. The van der Waals surface area contributed by atoms with Crippen molar-refractivity contribution in [3.63, 3.8) is 0 Å². The third-order valence-electron chi connectivity index (χ3n) is 6.40. The molecule has 0 aliphatic heterocycles. The van der Waals surface area contributed by atoms with Crippen LogP contribution in [0.25, 0.3) is 22.0 Å². The molecular formula is C30H23F3N4O2. The molecule has 1 atom stereocenters. The van der Waals surface area contributed by atoms with E-state index in [4.69, 9.17) is 5.73 Å². The van der Waals surface area contributed by atoms with Crippen molar-refractivity contribution in [3.05, 3.63) is 125 Å². The Morgan fingerprint density at radius 1 is 0.923 bits per heavy atom. The third kappa shape index (κ3) is 5.82. The number of amides is 2. The molecule has 196 valence electrons. The van der Waals surface area contributed by atoms with Crippen LogP contribution in [0.3, 0.4) is 0 Å². The predicted molar refractivity (Wildman–Crippen MR) is 141 cm³/mol. The molecule has 5 aromatic rings. The number of H-pyrrole nitrogens is 1. The summed E-state index contributed by atoms with van der Waals surface area (Å²) in [5.74, 6) is -2.84. The summed E-state index contributed by atoms with van der Waals surface area (Å²) in [6.45, 7) is 0. The molecular weight excluding hydrogens is 505 g/mol. The average Bonchev–Trinajstić information content (AvgIpc) is 3.29. The smallest absolute Gasteiger partial charge is 0.248 e. The zero-order chi connectivity index (χ0) is 27.5. The lowest BCUT2D eigenvalue weighted by Crippen LogP contribution is -2.32. The van der Waals surface area contributed by atoms with Crippen LogP contribution in [0.1, 0.15) is 33.2 Å². The van der Waals surface area contributed by atoms with Gasteiger partial charge in [0.2, 0.25) is 11.8 Å². The number of nitrogens with two attached hydrogens (primary N) is 1. The van der Waals surface area contributed by atoms with Crippen molar-refractivity contribution < 1.29 is 22.8 Å². The third-order valence-corrected chi connectivity index (χ3v) is 6.40. The van der Waals surface area contributed by atoms with Crippen molar-refractivity contribution in [3.8, 4) is 11.1 Å². The van der Waals surface area contributed by atoms with E-state index in [0.29, 0.717) is 44.4 Å². The maximum atomic E-state index is 14.0. The van der Waals surface area contributed by atoms with Crippen molar-refractivity contribution in [2.75, 3.05) is 0 Å². The van der Waals surface area contributed by atoms with Gasteiger partial charge in [-0.05, 0) is 71.6 Å². The van der Waals surface area contributed by atoms with Gasteiger partial charge in [-0.15, -0.1) is 0 Å². The Hall–Kier alpha value is -4.92. The fourth-order valence-corrected chi connectivity index (χ4v) is 4.68. The Labute approximate surface area is 221 Å². The van der Waals surface area contributed by atoms with E-state index >= 15 is 0 Å². The highest BCUT2D eigenvalue weighted by atomic mass is 19.1. The zero-order valence-corrected chi connectivity index (χ0v) is 20.5. The fraction of sp³-hybridized carbons (Fsp3) is 0.100. The van der Waals surface area contributed by atoms with Gasteiger partial charge in [0.1, 0.15) is 17.5 Å². The summed E-state index contributed by atoms with van der Waals surface area (Å²) in [4.78, 5) is 32.5. The van der Waals surface area contributed by atoms with Gasteiger partial charge in [0.25, 0.3) is 0 Å². The van der Waals surface area contributed by atoms with Gasteiger partial charge >= 0.3 is 0 Å². The van der Waals surface area contributed by atoms with Gasteiger partial charge < -0.3 is 16.0 Å². The standard InChI is InChI=1S/C30H23F3N4O2/c31-21-6-7-24-20(16-36-26(24)15-21)13-28(38)37-27(11-17-9-22(32)14-23(33)10-17)29-25(5-2-8-35-29)18-3-1-4-19(12-18)30(34)39/h1-10,12,14-16,27,36H,11,13H2,(H2,34,39)(H,37,38). The Morgan fingerprint density at radius 2 is 1.72 bits per heavy atom. The Morgan fingerprint density at radius 3 is 2.49 bits per heavy atom. The van der Waals surface area contributed by atoms with E-state index < -0.39 is 29.4 Å². The second-order valence-electron chi connectivity index (χ2n) is 9.16. The normalized spacial score (nSPS) is 11.9. The molecule has 0 saturated heterocycles. The number of primary amides is 1. The van der Waals surface area contributed by atoms with Crippen LogP contribution < -0.4 is 11.1 Å². The number of rotatable bonds is 8. The van der Waals surface area contributed by atoms with E-state index in [9.17, 15) is 22.8 Å². The van der Waals surface area contributed by atoms with Crippen LogP contribution in [0.2, 0.25) is 0 Å². The van der Waals surface area contributed by atoms with Gasteiger partial charge in [0.15, 0.2) is 0 Å². The highest BCUT2D eigenvalue weighted by Gasteiger charge is 2.22. The molecule has 39 heavy (non-hydrogen) atoms. The summed E-state index contributed by atoms with van der Waals surface area (Å²) in [6, 6.07) is 16.8. The SMILES string of the molecule is NC(=O)c1cccc(-c2cccnc2C(Cc2cc(F)cc(F)c2)NC(=O)Cc2c[nH]c3cc(F)ccc23)c1. The van der Waals surface area contributed by atoms with Crippen LogP contribution >= 0.6 is 0 Å². The largest absolute Gasteiger partial charge is 0.366 e. The molecule has 9 heteroatoms. The molecule has 4 N–H and O–H groups in total. The maximum Gasteiger partial charge on any atom is 0.248 e. The number of hydrogen-bond donors (Lipinski definition) is 3. The molecule has 0 aliphatic rings. The highest BCUT2D eigenvalue weighted by molar-refractivity contribution is 5.94. The molecule has 0 saturated carbocycles. The molecule has 3 aromatic carbocycles. The number of carbonyl (C=O) groups is 2. The summed E-state index contributed by atoms with van der Waals surface area (Å²) >= 11 is 0. The van der Waals surface area contributed by atoms with Crippen LogP contribution in [0.5, 0.6) is 0 Å². The lowest BCUT2D eigenvalue weighted by Gasteiger charge is -2.22. The quantitative estimate of drug-likeness (QED) is 0.252. The summed E-state index contributed by atoms with van der Waals surface area (Å²) in [7, 11) is 0. The number of nitrogens with one attached hydrogen (secondary N) is 2. The number of carbonyl (C=O) groups excluding carboxylic acids is 2. The van der Waals surface area contributed by atoms with Gasteiger partial charge in [-0.25, -0.2) is 13.2 Å². The minimum atomic E-state index is -0.783. The van der Waals surface area contributed by atoms with Crippen LogP contribution in [0, 0.1) is 17.5 Å². The van der Waals surface area contributed by atoms with E-state index in [1.807, 2.05) is 0 Å². The van der Waals surface area contributed by atoms with Crippen LogP contribution in [-0.4, -0.2) is 21.8 Å². The minimum Gasteiger partial charge on any atom is -0.366 e. The number of nitrogens with zero attached hydrogens (tertiary/aromatic N) is 1. The summed E-state index contributed by atoms with van der Waals surface area (Å²) in [5.41, 5.74) is 9.00. The molecule has 0 bridgehead atoms. The van der Waals surface area contributed by atoms with Crippen molar-refractivity contribution in [2.24, 2.45) is 5.73 Å². The lowest BCUT2D eigenvalue weighted by molar-refractivity contribution is -0.121. The van der Waals surface area contributed by atoms with Crippen molar-refractivity contribution in [2.45, 2.75) is 18.9 Å². The molecule has 6 nitrogen and oxygen atoms in total. The Balaban J connectivity index is 1.51. The fourth-order valence-electron chi connectivity index (χ4n) is 4.68. The van der Waals surface area contributed by atoms with Crippen molar-refractivity contribution in [1.29, 1.82) is 0 Å². The number of fused-ring (bicyclic) bond motifs is 1. The topological polar surface area (TPSA) is 101 Å². The number of halogens is 3. The highest BCUT2D eigenvalue weighted by Crippen LogP contribution is 2.30. The van der Waals surface area contributed by atoms with E-state index in [2.05, 4.69) is 15.3 Å². The molecule has 2 heterocycles. The van der Waals surface area contributed by atoms with E-state index in [1.165, 1.54) is 24.3 Å². The first kappa shape index (κ1) is 25.7. The number of benzene rings is 3. The van der Waals surface area contributed by atoms with E-state index in [1.54, 1.807) is 54.9 Å². The Bertz CT molecular complexity index is 1680. The second kappa shape index (κ2) is 10.8. The van der Waals surface area contributed by atoms with Crippen LogP contribution in [-0.2, 0) is 17.6 Å². The number of hydrogen-bond acceptors (Lipinski definition) is 3. The van der Waals surface area contributed by atoms with Gasteiger partial charge in [-0.1, -0.05) is 18.2 Å². The van der Waals surface area contributed by atoms with Gasteiger partial charge in [-0.2, -0.15) is 0 Å². The van der Waals surface area contributed by atoms with Crippen LogP contribution in [0.4, 0.5) is 13.2 Å². The lowest BCUT2D eigenvalue weighted by atomic mass is 9.94. The molecule has 2 aromatic heterocycles. The van der Waals surface area contributed by atoms with Gasteiger partial charge in [0.05, 0.1) is 18.2 Å². The van der Waals surface area contributed by atoms with Crippen molar-refractivity contribution in [1.82, 2.24) is 15.3 Å². The van der Waals surface area contributed by atoms with Gasteiger partial charge in [-0.3, -0.25) is 14.6 Å². The van der Waals surface area contributed by atoms with E-state index in [-0.39, 0.29) is 18.7 Å². The molecule has 0 spiro atoms.